The standard InChI is InChI=1S/C20H31N3O2/c1-16(2)22-8-6-19(7-9-22)23-12-10-21(11-13-23)15-17-4-3-5-18(14-17)20(24)25/h3-5,14,16,19H,6-13,15H2,1-2H3,(H,24,25). The minimum absolute atomic E-state index is 0.382. The second-order valence-corrected chi connectivity index (χ2v) is 7.68. The predicted octanol–water partition coefficient (Wildman–Crippen LogP) is 2.38. The molecule has 3 rings (SSSR count). The third-order valence-electron chi connectivity index (χ3n) is 5.73. The van der Waals surface area contributed by atoms with Gasteiger partial charge in [-0.15, -0.1) is 0 Å². The van der Waals surface area contributed by atoms with Gasteiger partial charge in [0.05, 0.1) is 5.56 Å². The zero-order chi connectivity index (χ0) is 17.8. The maximum absolute atomic E-state index is 11.1. The van der Waals surface area contributed by atoms with Gasteiger partial charge in [-0.2, -0.15) is 0 Å². The zero-order valence-electron chi connectivity index (χ0n) is 15.5. The molecule has 5 heteroatoms. The maximum atomic E-state index is 11.1. The predicted molar refractivity (Wildman–Crippen MR) is 100.0 cm³/mol. The average molecular weight is 345 g/mol. The summed E-state index contributed by atoms with van der Waals surface area (Å²) >= 11 is 0. The maximum Gasteiger partial charge on any atom is 0.335 e. The van der Waals surface area contributed by atoms with E-state index in [1.165, 1.54) is 25.9 Å². The van der Waals surface area contributed by atoms with Crippen molar-refractivity contribution in [3.8, 4) is 0 Å². The van der Waals surface area contributed by atoms with E-state index in [0.29, 0.717) is 11.6 Å². The summed E-state index contributed by atoms with van der Waals surface area (Å²) in [4.78, 5) is 18.8. The van der Waals surface area contributed by atoms with Gasteiger partial charge >= 0.3 is 5.97 Å². The molecule has 25 heavy (non-hydrogen) atoms. The Balaban J connectivity index is 1.46. The van der Waals surface area contributed by atoms with E-state index in [2.05, 4.69) is 28.5 Å². The molecule has 138 valence electrons. The molecule has 2 saturated heterocycles. The van der Waals surface area contributed by atoms with Crippen molar-refractivity contribution in [2.75, 3.05) is 39.3 Å². The number of hydrogen-bond donors (Lipinski definition) is 1. The van der Waals surface area contributed by atoms with Crippen LogP contribution < -0.4 is 0 Å². The molecular formula is C20H31N3O2. The van der Waals surface area contributed by atoms with E-state index in [-0.39, 0.29) is 0 Å². The molecule has 2 fully saturated rings. The van der Waals surface area contributed by atoms with Crippen molar-refractivity contribution in [3.05, 3.63) is 35.4 Å². The fraction of sp³-hybridized carbons (Fsp3) is 0.650. The van der Waals surface area contributed by atoms with Crippen LogP contribution in [0, 0.1) is 0 Å². The Morgan fingerprint density at radius 3 is 2.40 bits per heavy atom. The van der Waals surface area contributed by atoms with E-state index >= 15 is 0 Å². The molecule has 0 atom stereocenters. The Kier molecular flexibility index (Phi) is 6.10. The first-order valence-electron chi connectivity index (χ1n) is 9.55. The number of likely N-dealkylation sites (tertiary alicyclic amines) is 1. The minimum atomic E-state index is -0.848. The molecular weight excluding hydrogens is 314 g/mol. The normalized spacial score (nSPS) is 21.7. The highest BCUT2D eigenvalue weighted by molar-refractivity contribution is 5.87. The third-order valence-corrected chi connectivity index (χ3v) is 5.73. The molecule has 2 aliphatic rings. The lowest BCUT2D eigenvalue weighted by Crippen LogP contribution is -2.53. The van der Waals surface area contributed by atoms with Crippen LogP contribution in [-0.2, 0) is 6.54 Å². The van der Waals surface area contributed by atoms with Gasteiger partial charge in [0.1, 0.15) is 0 Å². The van der Waals surface area contributed by atoms with Gasteiger partial charge in [-0.1, -0.05) is 12.1 Å². The molecule has 0 aromatic heterocycles. The molecule has 0 bridgehead atoms. The molecule has 2 aliphatic heterocycles. The van der Waals surface area contributed by atoms with Gasteiger partial charge < -0.3 is 10.0 Å². The molecule has 0 saturated carbocycles. The number of piperidine rings is 1. The van der Waals surface area contributed by atoms with Crippen LogP contribution in [0.15, 0.2) is 24.3 Å². The van der Waals surface area contributed by atoms with Crippen LogP contribution in [-0.4, -0.2) is 77.1 Å². The molecule has 1 N–H and O–H groups in total. The van der Waals surface area contributed by atoms with Crippen LogP contribution in [0.1, 0.15) is 42.6 Å². The van der Waals surface area contributed by atoms with Crippen LogP contribution in [0.2, 0.25) is 0 Å². The fourth-order valence-electron chi connectivity index (χ4n) is 4.11. The number of benzene rings is 1. The van der Waals surface area contributed by atoms with E-state index in [0.717, 1.165) is 44.3 Å². The second kappa shape index (κ2) is 8.30. The van der Waals surface area contributed by atoms with Gasteiger partial charge in [-0.05, 0) is 57.5 Å². The lowest BCUT2D eigenvalue weighted by atomic mass is 10.0. The van der Waals surface area contributed by atoms with E-state index in [9.17, 15) is 4.79 Å². The van der Waals surface area contributed by atoms with Gasteiger partial charge in [0.2, 0.25) is 0 Å². The van der Waals surface area contributed by atoms with Crippen LogP contribution in [0.4, 0.5) is 0 Å². The number of aromatic carboxylic acids is 1. The smallest absolute Gasteiger partial charge is 0.335 e. The SMILES string of the molecule is CC(C)N1CCC(N2CCN(Cc3cccc(C(=O)O)c3)CC2)CC1. The fourth-order valence-corrected chi connectivity index (χ4v) is 4.11. The van der Waals surface area contributed by atoms with Crippen molar-refractivity contribution in [2.45, 2.75) is 45.3 Å². The lowest BCUT2D eigenvalue weighted by molar-refractivity contribution is 0.0496. The summed E-state index contributed by atoms with van der Waals surface area (Å²) in [5, 5.41) is 9.12. The first-order chi connectivity index (χ1) is 12.0. The van der Waals surface area contributed by atoms with E-state index < -0.39 is 5.97 Å². The number of carbonyl (C=O) groups is 1. The molecule has 2 heterocycles. The van der Waals surface area contributed by atoms with Crippen molar-refractivity contribution in [3.63, 3.8) is 0 Å². The summed E-state index contributed by atoms with van der Waals surface area (Å²) in [5.74, 6) is -0.848. The highest BCUT2D eigenvalue weighted by Gasteiger charge is 2.28. The van der Waals surface area contributed by atoms with E-state index in [1.807, 2.05) is 12.1 Å². The lowest BCUT2D eigenvalue weighted by Gasteiger charge is -2.43. The van der Waals surface area contributed by atoms with Crippen molar-refractivity contribution >= 4 is 5.97 Å². The Morgan fingerprint density at radius 1 is 1.12 bits per heavy atom. The Hall–Kier alpha value is -1.43. The molecule has 0 aliphatic carbocycles. The van der Waals surface area contributed by atoms with Crippen molar-refractivity contribution in [2.24, 2.45) is 0 Å². The number of rotatable bonds is 5. The van der Waals surface area contributed by atoms with Crippen LogP contribution in [0.3, 0.4) is 0 Å². The van der Waals surface area contributed by atoms with Gasteiger partial charge in [0.25, 0.3) is 0 Å². The molecule has 5 nitrogen and oxygen atoms in total. The van der Waals surface area contributed by atoms with Crippen molar-refractivity contribution in [1.29, 1.82) is 0 Å². The summed E-state index contributed by atoms with van der Waals surface area (Å²) in [7, 11) is 0. The summed E-state index contributed by atoms with van der Waals surface area (Å²) in [6.07, 6.45) is 2.58. The number of hydrogen-bond acceptors (Lipinski definition) is 4. The molecule has 1 aromatic carbocycles. The quantitative estimate of drug-likeness (QED) is 0.888. The largest absolute Gasteiger partial charge is 0.478 e. The molecule has 0 spiro atoms. The van der Waals surface area contributed by atoms with Crippen molar-refractivity contribution in [1.82, 2.24) is 14.7 Å². The summed E-state index contributed by atoms with van der Waals surface area (Å²) in [5.41, 5.74) is 1.48. The number of carboxylic acids is 1. The van der Waals surface area contributed by atoms with Crippen molar-refractivity contribution < 1.29 is 9.90 Å². The Labute approximate surface area is 151 Å². The first kappa shape index (κ1) is 18.4. The molecule has 0 unspecified atom stereocenters. The minimum Gasteiger partial charge on any atom is -0.478 e. The molecule has 1 aromatic rings. The summed E-state index contributed by atoms with van der Waals surface area (Å²) in [6.45, 7) is 12.3. The highest BCUT2D eigenvalue weighted by Crippen LogP contribution is 2.20. The monoisotopic (exact) mass is 345 g/mol. The number of piperazine rings is 1. The van der Waals surface area contributed by atoms with Crippen LogP contribution >= 0.6 is 0 Å². The van der Waals surface area contributed by atoms with Gasteiger partial charge in [0, 0.05) is 44.8 Å². The first-order valence-corrected chi connectivity index (χ1v) is 9.55. The Morgan fingerprint density at radius 2 is 1.80 bits per heavy atom. The summed E-state index contributed by atoms with van der Waals surface area (Å²) in [6, 6.07) is 8.74. The summed E-state index contributed by atoms with van der Waals surface area (Å²) < 4.78 is 0. The van der Waals surface area contributed by atoms with Gasteiger partial charge in [-0.3, -0.25) is 9.80 Å². The number of carboxylic acid groups (broad SMARTS) is 1. The average Bonchev–Trinajstić information content (AvgIpc) is 2.63. The molecule has 0 radical (unpaired) electrons. The van der Waals surface area contributed by atoms with E-state index in [1.54, 1.807) is 12.1 Å². The number of nitrogens with zero attached hydrogens (tertiary/aromatic N) is 3. The Bertz CT molecular complexity index is 574. The van der Waals surface area contributed by atoms with Gasteiger partial charge in [-0.25, -0.2) is 4.79 Å². The van der Waals surface area contributed by atoms with Crippen LogP contribution in [0.5, 0.6) is 0 Å². The molecule has 0 amide bonds. The third kappa shape index (κ3) is 4.81. The van der Waals surface area contributed by atoms with Crippen LogP contribution in [0.25, 0.3) is 0 Å². The van der Waals surface area contributed by atoms with E-state index in [4.69, 9.17) is 5.11 Å². The topological polar surface area (TPSA) is 47.0 Å². The second-order valence-electron chi connectivity index (χ2n) is 7.68. The van der Waals surface area contributed by atoms with Gasteiger partial charge in [0.15, 0.2) is 0 Å². The highest BCUT2D eigenvalue weighted by atomic mass is 16.4. The zero-order valence-corrected chi connectivity index (χ0v) is 15.5.